The van der Waals surface area contributed by atoms with Crippen LogP contribution in [0.15, 0.2) is 55.1 Å². The Labute approximate surface area is 126 Å². The molecule has 0 bridgehead atoms. The van der Waals surface area contributed by atoms with Crippen LogP contribution in [0.25, 0.3) is 6.08 Å². The normalized spacial score (nSPS) is 10.2. The third-order valence-electron chi connectivity index (χ3n) is 3.66. The predicted octanol–water partition coefficient (Wildman–Crippen LogP) is 4.45. The van der Waals surface area contributed by atoms with E-state index in [0.29, 0.717) is 6.54 Å². The molecule has 2 nitrogen and oxygen atoms in total. The Morgan fingerprint density at radius 1 is 1.10 bits per heavy atom. The van der Waals surface area contributed by atoms with Crippen LogP contribution in [0.2, 0.25) is 0 Å². The van der Waals surface area contributed by atoms with Gasteiger partial charge in [0.1, 0.15) is 0 Å². The Bertz CT molecular complexity index is 646. The molecule has 2 aromatic rings. The molecule has 108 valence electrons. The smallest absolute Gasteiger partial charge is 0.224 e. The molecule has 0 aliphatic heterocycles. The average molecular weight is 279 g/mol. The first-order valence-corrected chi connectivity index (χ1v) is 7.23. The van der Waals surface area contributed by atoms with E-state index in [1.165, 1.54) is 11.1 Å². The Balaban J connectivity index is 2.40. The van der Waals surface area contributed by atoms with E-state index in [1.54, 1.807) is 13.0 Å². The second kappa shape index (κ2) is 6.89. The zero-order chi connectivity index (χ0) is 15.2. The van der Waals surface area contributed by atoms with Crippen LogP contribution in [0.4, 0.5) is 5.69 Å². The number of amides is 1. The molecule has 0 N–H and O–H groups in total. The minimum absolute atomic E-state index is 0.0372. The molecule has 0 aliphatic rings. The molecule has 0 heterocycles. The first-order valence-electron chi connectivity index (χ1n) is 7.23. The van der Waals surface area contributed by atoms with Gasteiger partial charge in [-0.1, -0.05) is 62.0 Å². The van der Waals surface area contributed by atoms with Crippen molar-refractivity contribution < 1.29 is 4.79 Å². The van der Waals surface area contributed by atoms with Crippen molar-refractivity contribution in [3.63, 3.8) is 0 Å². The van der Waals surface area contributed by atoms with Crippen LogP contribution in [0.3, 0.4) is 0 Å². The van der Waals surface area contributed by atoms with E-state index in [9.17, 15) is 4.79 Å². The fourth-order valence-electron chi connectivity index (χ4n) is 2.50. The zero-order valence-corrected chi connectivity index (χ0v) is 12.7. The van der Waals surface area contributed by atoms with E-state index in [-0.39, 0.29) is 5.91 Å². The lowest BCUT2D eigenvalue weighted by atomic mass is 10.0. The molecular formula is C19H21NO. The highest BCUT2D eigenvalue weighted by Crippen LogP contribution is 2.24. The minimum Gasteiger partial charge on any atom is -0.308 e. The SMILES string of the molecule is C=Cc1ccccc1N(Cc1ccccc1CC)C(C)=O. The molecule has 0 aromatic heterocycles. The Morgan fingerprint density at radius 2 is 1.71 bits per heavy atom. The maximum absolute atomic E-state index is 12.1. The largest absolute Gasteiger partial charge is 0.308 e. The number of carbonyl (C=O) groups is 1. The van der Waals surface area contributed by atoms with Gasteiger partial charge in [0.2, 0.25) is 5.91 Å². The van der Waals surface area contributed by atoms with Gasteiger partial charge in [0.15, 0.2) is 0 Å². The molecule has 0 unspecified atom stereocenters. The van der Waals surface area contributed by atoms with Crippen LogP contribution in [-0.4, -0.2) is 5.91 Å². The number of rotatable bonds is 5. The number of benzene rings is 2. The third kappa shape index (κ3) is 3.40. The minimum atomic E-state index is 0.0372. The molecule has 0 saturated heterocycles. The van der Waals surface area contributed by atoms with Crippen molar-refractivity contribution >= 4 is 17.7 Å². The van der Waals surface area contributed by atoms with Gasteiger partial charge < -0.3 is 4.90 Å². The van der Waals surface area contributed by atoms with Crippen molar-refractivity contribution in [1.29, 1.82) is 0 Å². The standard InChI is InChI=1S/C19H21NO/c1-4-16-10-6-7-12-18(16)14-20(15(3)21)19-13-9-8-11-17(19)5-2/h5-13H,2,4,14H2,1,3H3. The number of aryl methyl sites for hydroxylation is 1. The maximum atomic E-state index is 12.1. The van der Waals surface area contributed by atoms with Crippen molar-refractivity contribution in [3.8, 4) is 0 Å². The van der Waals surface area contributed by atoms with E-state index in [2.05, 4.69) is 25.6 Å². The van der Waals surface area contributed by atoms with Crippen molar-refractivity contribution in [2.24, 2.45) is 0 Å². The molecule has 0 spiro atoms. The Kier molecular flexibility index (Phi) is 4.94. The molecule has 0 atom stereocenters. The number of para-hydroxylation sites is 1. The fourth-order valence-corrected chi connectivity index (χ4v) is 2.50. The summed E-state index contributed by atoms with van der Waals surface area (Å²) in [4.78, 5) is 13.9. The van der Waals surface area contributed by atoms with Crippen molar-refractivity contribution in [2.45, 2.75) is 26.8 Å². The third-order valence-corrected chi connectivity index (χ3v) is 3.66. The van der Waals surface area contributed by atoms with Gasteiger partial charge in [0.05, 0.1) is 12.2 Å². The lowest BCUT2D eigenvalue weighted by Gasteiger charge is -2.24. The molecule has 21 heavy (non-hydrogen) atoms. The van der Waals surface area contributed by atoms with Gasteiger partial charge in [-0.15, -0.1) is 0 Å². The summed E-state index contributed by atoms with van der Waals surface area (Å²) in [6.07, 6.45) is 2.75. The van der Waals surface area contributed by atoms with Crippen LogP contribution in [-0.2, 0) is 17.8 Å². The molecule has 0 radical (unpaired) electrons. The number of anilines is 1. The van der Waals surface area contributed by atoms with Gasteiger partial charge in [0, 0.05) is 6.92 Å². The average Bonchev–Trinajstić information content (AvgIpc) is 2.52. The number of hydrogen-bond acceptors (Lipinski definition) is 1. The first kappa shape index (κ1) is 15.0. The molecule has 2 heteroatoms. The molecular weight excluding hydrogens is 258 g/mol. The van der Waals surface area contributed by atoms with Gasteiger partial charge >= 0.3 is 0 Å². The summed E-state index contributed by atoms with van der Waals surface area (Å²) in [5, 5.41) is 0. The molecule has 0 saturated carbocycles. The van der Waals surface area contributed by atoms with Gasteiger partial charge in [-0.05, 0) is 29.2 Å². The maximum Gasteiger partial charge on any atom is 0.224 e. The van der Waals surface area contributed by atoms with Gasteiger partial charge in [-0.2, -0.15) is 0 Å². The van der Waals surface area contributed by atoms with Gasteiger partial charge in [-0.25, -0.2) is 0 Å². The quantitative estimate of drug-likeness (QED) is 0.792. The predicted molar refractivity (Wildman–Crippen MR) is 89.2 cm³/mol. The molecule has 0 fully saturated rings. The monoisotopic (exact) mass is 279 g/mol. The highest BCUT2D eigenvalue weighted by Gasteiger charge is 2.15. The lowest BCUT2D eigenvalue weighted by molar-refractivity contribution is -0.116. The second-order valence-corrected chi connectivity index (χ2v) is 4.99. The zero-order valence-electron chi connectivity index (χ0n) is 12.7. The van der Waals surface area contributed by atoms with Crippen LogP contribution in [0.1, 0.15) is 30.5 Å². The van der Waals surface area contributed by atoms with Gasteiger partial charge in [-0.3, -0.25) is 4.79 Å². The van der Waals surface area contributed by atoms with E-state index in [4.69, 9.17) is 0 Å². The topological polar surface area (TPSA) is 20.3 Å². The Morgan fingerprint density at radius 3 is 2.33 bits per heavy atom. The summed E-state index contributed by atoms with van der Waals surface area (Å²) in [5.74, 6) is 0.0372. The summed E-state index contributed by atoms with van der Waals surface area (Å²) < 4.78 is 0. The molecule has 2 rings (SSSR count). The Hall–Kier alpha value is -2.35. The molecule has 0 aliphatic carbocycles. The van der Waals surface area contributed by atoms with Crippen molar-refractivity contribution in [2.75, 3.05) is 4.90 Å². The summed E-state index contributed by atoms with van der Waals surface area (Å²) in [5.41, 5.74) is 4.35. The fraction of sp³-hybridized carbons (Fsp3) is 0.211. The highest BCUT2D eigenvalue weighted by molar-refractivity contribution is 5.93. The van der Waals surface area contributed by atoms with E-state index < -0.39 is 0 Å². The summed E-state index contributed by atoms with van der Waals surface area (Å²) >= 11 is 0. The van der Waals surface area contributed by atoms with Crippen LogP contribution in [0.5, 0.6) is 0 Å². The summed E-state index contributed by atoms with van der Waals surface area (Å²) in [6, 6.07) is 16.1. The second-order valence-electron chi connectivity index (χ2n) is 4.99. The van der Waals surface area contributed by atoms with Crippen LogP contribution >= 0.6 is 0 Å². The summed E-state index contributed by atoms with van der Waals surface area (Å²) in [7, 11) is 0. The van der Waals surface area contributed by atoms with Crippen LogP contribution < -0.4 is 4.90 Å². The number of carbonyl (C=O) groups excluding carboxylic acids is 1. The van der Waals surface area contributed by atoms with Crippen molar-refractivity contribution in [3.05, 3.63) is 71.8 Å². The van der Waals surface area contributed by atoms with Gasteiger partial charge in [0.25, 0.3) is 0 Å². The number of hydrogen-bond donors (Lipinski definition) is 0. The number of nitrogens with zero attached hydrogens (tertiary/aromatic N) is 1. The van der Waals surface area contributed by atoms with E-state index in [0.717, 1.165) is 17.7 Å². The molecule has 2 aromatic carbocycles. The first-order chi connectivity index (χ1) is 10.2. The summed E-state index contributed by atoms with van der Waals surface area (Å²) in [6.45, 7) is 8.16. The van der Waals surface area contributed by atoms with E-state index in [1.807, 2.05) is 41.3 Å². The van der Waals surface area contributed by atoms with E-state index >= 15 is 0 Å². The van der Waals surface area contributed by atoms with Crippen molar-refractivity contribution in [1.82, 2.24) is 0 Å². The molecule has 1 amide bonds. The highest BCUT2D eigenvalue weighted by atomic mass is 16.2. The lowest BCUT2D eigenvalue weighted by Crippen LogP contribution is -2.28. The van der Waals surface area contributed by atoms with Crippen LogP contribution in [0, 0.1) is 0 Å².